The van der Waals surface area contributed by atoms with Gasteiger partial charge in [-0.05, 0) is 49.7 Å². The number of benzene rings is 2. The highest BCUT2D eigenvalue weighted by atomic mass is 19.1. The molecule has 0 atom stereocenters. The predicted molar refractivity (Wildman–Crippen MR) is 92.7 cm³/mol. The van der Waals surface area contributed by atoms with E-state index in [0.717, 1.165) is 38.0 Å². The molecule has 1 heterocycles. The second kappa shape index (κ2) is 8.05. The molecule has 0 aromatic heterocycles. The van der Waals surface area contributed by atoms with E-state index in [1.807, 2.05) is 36.4 Å². The van der Waals surface area contributed by atoms with Crippen LogP contribution in [0.5, 0.6) is 0 Å². The molecule has 2 aromatic rings. The Morgan fingerprint density at radius 2 is 1.79 bits per heavy atom. The summed E-state index contributed by atoms with van der Waals surface area (Å²) in [5, 5.41) is 12.4. The van der Waals surface area contributed by atoms with Crippen molar-refractivity contribution in [3.8, 4) is 6.07 Å². The molecular weight excluding hydrogens is 301 g/mol. The summed E-state index contributed by atoms with van der Waals surface area (Å²) in [6, 6.07) is 17.4. The third kappa shape index (κ3) is 4.41. The number of nitrogens with one attached hydrogen (secondary N) is 1. The van der Waals surface area contributed by atoms with Gasteiger partial charge in [-0.25, -0.2) is 4.39 Å². The standard InChI is InChI=1S/C20H22FN3/c21-20-4-2-1-3-18(20)15-24-11-9-19(10-12-24)23-14-17-7-5-16(13-22)6-8-17/h1-8,19,23H,9-12,14-15H2. The molecule has 0 amide bonds. The van der Waals surface area contributed by atoms with Crippen LogP contribution in [0.3, 0.4) is 0 Å². The molecule has 0 aliphatic carbocycles. The minimum atomic E-state index is -0.112. The number of nitriles is 1. The van der Waals surface area contributed by atoms with E-state index >= 15 is 0 Å². The number of hydrogen-bond acceptors (Lipinski definition) is 3. The van der Waals surface area contributed by atoms with Crippen LogP contribution in [0.1, 0.15) is 29.5 Å². The highest BCUT2D eigenvalue weighted by Gasteiger charge is 2.19. The van der Waals surface area contributed by atoms with Gasteiger partial charge in [0, 0.05) is 24.7 Å². The number of nitrogens with zero attached hydrogens (tertiary/aromatic N) is 2. The van der Waals surface area contributed by atoms with Crippen molar-refractivity contribution >= 4 is 0 Å². The summed E-state index contributed by atoms with van der Waals surface area (Å²) in [4.78, 5) is 2.32. The van der Waals surface area contributed by atoms with Gasteiger partial charge in [0.1, 0.15) is 5.82 Å². The molecule has 0 saturated carbocycles. The molecule has 0 unspecified atom stereocenters. The molecule has 4 heteroatoms. The first-order valence-electron chi connectivity index (χ1n) is 8.43. The number of halogens is 1. The summed E-state index contributed by atoms with van der Waals surface area (Å²) in [7, 11) is 0. The normalized spacial score (nSPS) is 16.0. The number of likely N-dealkylation sites (tertiary alicyclic amines) is 1. The van der Waals surface area contributed by atoms with E-state index in [1.165, 1.54) is 11.6 Å². The first-order valence-corrected chi connectivity index (χ1v) is 8.43. The Kier molecular flexibility index (Phi) is 5.58. The van der Waals surface area contributed by atoms with E-state index in [9.17, 15) is 4.39 Å². The molecule has 1 saturated heterocycles. The average molecular weight is 323 g/mol. The Labute approximate surface area is 142 Å². The van der Waals surface area contributed by atoms with Crippen molar-refractivity contribution in [2.24, 2.45) is 0 Å². The summed E-state index contributed by atoms with van der Waals surface area (Å²) in [6.07, 6.45) is 2.15. The second-order valence-corrected chi connectivity index (χ2v) is 6.33. The summed E-state index contributed by atoms with van der Waals surface area (Å²) in [5.41, 5.74) is 2.67. The van der Waals surface area contributed by atoms with Gasteiger partial charge in [-0.1, -0.05) is 30.3 Å². The average Bonchev–Trinajstić information content (AvgIpc) is 2.63. The zero-order chi connectivity index (χ0) is 16.8. The van der Waals surface area contributed by atoms with Crippen molar-refractivity contribution in [3.63, 3.8) is 0 Å². The Morgan fingerprint density at radius 1 is 1.08 bits per heavy atom. The quantitative estimate of drug-likeness (QED) is 0.916. The SMILES string of the molecule is N#Cc1ccc(CNC2CCN(Cc3ccccc3F)CC2)cc1. The van der Waals surface area contributed by atoms with Crippen molar-refractivity contribution in [2.45, 2.75) is 32.0 Å². The minimum Gasteiger partial charge on any atom is -0.310 e. The monoisotopic (exact) mass is 323 g/mol. The van der Waals surface area contributed by atoms with Crippen molar-refractivity contribution in [3.05, 3.63) is 71.0 Å². The number of rotatable bonds is 5. The molecule has 24 heavy (non-hydrogen) atoms. The van der Waals surface area contributed by atoms with Crippen LogP contribution < -0.4 is 5.32 Å². The van der Waals surface area contributed by atoms with Gasteiger partial charge in [0.15, 0.2) is 0 Å². The van der Waals surface area contributed by atoms with Crippen molar-refractivity contribution in [2.75, 3.05) is 13.1 Å². The molecule has 3 rings (SSSR count). The Morgan fingerprint density at radius 3 is 2.46 bits per heavy atom. The lowest BCUT2D eigenvalue weighted by atomic mass is 10.0. The van der Waals surface area contributed by atoms with Crippen molar-refractivity contribution < 1.29 is 4.39 Å². The van der Waals surface area contributed by atoms with Crippen LogP contribution in [-0.4, -0.2) is 24.0 Å². The fourth-order valence-corrected chi connectivity index (χ4v) is 3.12. The van der Waals surface area contributed by atoms with Gasteiger partial charge in [-0.2, -0.15) is 5.26 Å². The van der Waals surface area contributed by atoms with Crippen LogP contribution in [0.2, 0.25) is 0 Å². The van der Waals surface area contributed by atoms with Crippen molar-refractivity contribution in [1.82, 2.24) is 10.2 Å². The number of piperidine rings is 1. The second-order valence-electron chi connectivity index (χ2n) is 6.33. The van der Waals surface area contributed by atoms with E-state index in [-0.39, 0.29) is 5.82 Å². The van der Waals surface area contributed by atoms with Crippen LogP contribution in [0.15, 0.2) is 48.5 Å². The third-order valence-corrected chi connectivity index (χ3v) is 4.62. The lowest BCUT2D eigenvalue weighted by Crippen LogP contribution is -2.41. The van der Waals surface area contributed by atoms with Crippen LogP contribution in [-0.2, 0) is 13.1 Å². The molecular formula is C20H22FN3. The number of hydrogen-bond donors (Lipinski definition) is 1. The zero-order valence-corrected chi connectivity index (χ0v) is 13.7. The molecule has 3 nitrogen and oxygen atoms in total. The first kappa shape index (κ1) is 16.6. The molecule has 0 radical (unpaired) electrons. The summed E-state index contributed by atoms with van der Waals surface area (Å²) in [5.74, 6) is -0.112. The largest absolute Gasteiger partial charge is 0.310 e. The Hall–Kier alpha value is -2.22. The summed E-state index contributed by atoms with van der Waals surface area (Å²) < 4.78 is 13.7. The van der Waals surface area contributed by atoms with E-state index in [0.29, 0.717) is 18.2 Å². The van der Waals surface area contributed by atoms with Gasteiger partial charge >= 0.3 is 0 Å². The van der Waals surface area contributed by atoms with E-state index in [1.54, 1.807) is 6.07 Å². The summed E-state index contributed by atoms with van der Waals surface area (Å²) >= 11 is 0. The molecule has 1 aliphatic rings. The summed E-state index contributed by atoms with van der Waals surface area (Å²) in [6.45, 7) is 3.48. The van der Waals surface area contributed by atoms with Crippen molar-refractivity contribution in [1.29, 1.82) is 5.26 Å². The fraction of sp³-hybridized carbons (Fsp3) is 0.350. The van der Waals surface area contributed by atoms with E-state index in [2.05, 4.69) is 16.3 Å². The zero-order valence-electron chi connectivity index (χ0n) is 13.7. The first-order chi connectivity index (χ1) is 11.7. The molecule has 1 fully saturated rings. The molecule has 0 bridgehead atoms. The van der Waals surface area contributed by atoms with Gasteiger partial charge < -0.3 is 5.32 Å². The molecule has 1 N–H and O–H groups in total. The van der Waals surface area contributed by atoms with E-state index < -0.39 is 0 Å². The molecule has 2 aromatic carbocycles. The third-order valence-electron chi connectivity index (χ3n) is 4.62. The van der Waals surface area contributed by atoms with E-state index in [4.69, 9.17) is 5.26 Å². The lowest BCUT2D eigenvalue weighted by Gasteiger charge is -2.32. The van der Waals surface area contributed by atoms with Crippen LogP contribution >= 0.6 is 0 Å². The smallest absolute Gasteiger partial charge is 0.127 e. The van der Waals surface area contributed by atoms with Gasteiger partial charge in [-0.15, -0.1) is 0 Å². The maximum atomic E-state index is 13.7. The lowest BCUT2D eigenvalue weighted by molar-refractivity contribution is 0.188. The molecule has 124 valence electrons. The Balaban J connectivity index is 1.43. The Bertz CT molecular complexity index is 698. The molecule has 0 spiro atoms. The van der Waals surface area contributed by atoms with Crippen LogP contribution in [0, 0.1) is 17.1 Å². The van der Waals surface area contributed by atoms with Gasteiger partial charge in [0.05, 0.1) is 11.6 Å². The maximum absolute atomic E-state index is 13.7. The maximum Gasteiger partial charge on any atom is 0.127 e. The van der Waals surface area contributed by atoms with Gasteiger partial charge in [-0.3, -0.25) is 4.90 Å². The highest BCUT2D eigenvalue weighted by Crippen LogP contribution is 2.16. The topological polar surface area (TPSA) is 39.1 Å². The van der Waals surface area contributed by atoms with Gasteiger partial charge in [0.2, 0.25) is 0 Å². The predicted octanol–water partition coefficient (Wildman–Crippen LogP) is 3.45. The van der Waals surface area contributed by atoms with Gasteiger partial charge in [0.25, 0.3) is 0 Å². The molecule has 1 aliphatic heterocycles. The van der Waals surface area contributed by atoms with Crippen LogP contribution in [0.25, 0.3) is 0 Å². The minimum absolute atomic E-state index is 0.112. The highest BCUT2D eigenvalue weighted by molar-refractivity contribution is 5.31. The van der Waals surface area contributed by atoms with Crippen LogP contribution in [0.4, 0.5) is 4.39 Å². The fourth-order valence-electron chi connectivity index (χ4n) is 3.12.